The van der Waals surface area contributed by atoms with Crippen molar-refractivity contribution in [3.8, 4) is 0 Å². The summed E-state index contributed by atoms with van der Waals surface area (Å²) < 4.78 is 0. The Morgan fingerprint density at radius 3 is 2.26 bits per heavy atom. The number of primary amides is 1. The molecule has 3 amide bonds. The Morgan fingerprint density at radius 1 is 1.26 bits per heavy atom. The van der Waals surface area contributed by atoms with E-state index >= 15 is 0 Å². The molecule has 8 heteroatoms. The van der Waals surface area contributed by atoms with Crippen LogP contribution in [0, 0.1) is 5.92 Å². The van der Waals surface area contributed by atoms with E-state index < -0.39 is 29.3 Å². The fourth-order valence-corrected chi connectivity index (χ4v) is 1.49. The van der Waals surface area contributed by atoms with Crippen LogP contribution >= 0.6 is 11.6 Å². The summed E-state index contributed by atoms with van der Waals surface area (Å²) in [7, 11) is 0. The second-order valence-electron chi connectivity index (χ2n) is 4.57. The molecule has 0 aliphatic carbocycles. The standard InChI is InChI=1S/C11H21ClN4O3/c1-6(2)8(13)10(18)16-7(9(12)17)4-3-5-15-11(14)19/h6-8H,3-5,13H2,1-2H3,(H,16,18)(H3,14,15,19)/t7-,8-/m0/s1. The lowest BCUT2D eigenvalue weighted by Crippen LogP contribution is -2.49. The number of hydrogen-bond donors (Lipinski definition) is 4. The van der Waals surface area contributed by atoms with Crippen molar-refractivity contribution in [3.05, 3.63) is 0 Å². The van der Waals surface area contributed by atoms with E-state index in [1.165, 1.54) is 0 Å². The lowest BCUT2D eigenvalue weighted by atomic mass is 10.0. The first-order valence-corrected chi connectivity index (χ1v) is 6.42. The molecule has 19 heavy (non-hydrogen) atoms. The number of rotatable bonds is 8. The van der Waals surface area contributed by atoms with Gasteiger partial charge in [0.1, 0.15) is 6.04 Å². The minimum Gasteiger partial charge on any atom is -0.352 e. The van der Waals surface area contributed by atoms with Crippen LogP contribution in [0.25, 0.3) is 0 Å². The van der Waals surface area contributed by atoms with E-state index in [0.717, 1.165) is 0 Å². The molecular weight excluding hydrogens is 272 g/mol. The van der Waals surface area contributed by atoms with Gasteiger partial charge in [0, 0.05) is 6.54 Å². The molecule has 110 valence electrons. The maximum Gasteiger partial charge on any atom is 0.312 e. The van der Waals surface area contributed by atoms with E-state index in [9.17, 15) is 14.4 Å². The molecule has 0 saturated heterocycles. The number of halogens is 1. The van der Waals surface area contributed by atoms with Crippen molar-refractivity contribution >= 4 is 28.8 Å². The number of amides is 3. The highest BCUT2D eigenvalue weighted by Crippen LogP contribution is 2.04. The Bertz CT molecular complexity index is 336. The van der Waals surface area contributed by atoms with Gasteiger partial charge in [-0.2, -0.15) is 0 Å². The van der Waals surface area contributed by atoms with Gasteiger partial charge < -0.3 is 22.1 Å². The molecule has 0 bridgehead atoms. The van der Waals surface area contributed by atoms with Gasteiger partial charge in [0.25, 0.3) is 0 Å². The van der Waals surface area contributed by atoms with Gasteiger partial charge in [-0.1, -0.05) is 13.8 Å². The van der Waals surface area contributed by atoms with E-state index in [1.807, 2.05) is 0 Å². The van der Waals surface area contributed by atoms with Crippen LogP contribution in [0.15, 0.2) is 0 Å². The molecule has 0 radical (unpaired) electrons. The molecule has 6 N–H and O–H groups in total. The topological polar surface area (TPSA) is 127 Å². The molecule has 0 aliphatic heterocycles. The quantitative estimate of drug-likeness (QED) is 0.361. The lowest BCUT2D eigenvalue weighted by molar-refractivity contribution is -0.126. The first-order valence-electron chi connectivity index (χ1n) is 6.04. The molecule has 0 rings (SSSR count). The van der Waals surface area contributed by atoms with Gasteiger partial charge in [0.2, 0.25) is 11.1 Å². The highest BCUT2D eigenvalue weighted by atomic mass is 35.5. The zero-order valence-electron chi connectivity index (χ0n) is 11.1. The molecule has 0 aliphatic rings. The first kappa shape index (κ1) is 17.7. The molecule has 7 nitrogen and oxygen atoms in total. The smallest absolute Gasteiger partial charge is 0.312 e. The number of urea groups is 1. The van der Waals surface area contributed by atoms with E-state index in [1.54, 1.807) is 13.8 Å². The lowest BCUT2D eigenvalue weighted by Gasteiger charge is -2.20. The van der Waals surface area contributed by atoms with Gasteiger partial charge in [-0.3, -0.25) is 9.59 Å². The second-order valence-corrected chi connectivity index (χ2v) is 4.94. The zero-order valence-corrected chi connectivity index (χ0v) is 11.9. The van der Waals surface area contributed by atoms with Crippen LogP contribution in [0.1, 0.15) is 26.7 Å². The first-order chi connectivity index (χ1) is 8.75. The fraction of sp³-hybridized carbons (Fsp3) is 0.727. The number of nitrogens with two attached hydrogens (primary N) is 2. The van der Waals surface area contributed by atoms with Crippen molar-refractivity contribution in [2.45, 2.75) is 38.8 Å². The second kappa shape index (κ2) is 8.71. The number of carbonyl (C=O) groups is 3. The summed E-state index contributed by atoms with van der Waals surface area (Å²) in [6, 6.07) is -2.14. The van der Waals surface area contributed by atoms with Crippen molar-refractivity contribution in [1.82, 2.24) is 10.6 Å². The van der Waals surface area contributed by atoms with Crippen LogP contribution in [0.2, 0.25) is 0 Å². The van der Waals surface area contributed by atoms with E-state index in [-0.39, 0.29) is 5.92 Å². The number of nitrogens with one attached hydrogen (secondary N) is 2. The summed E-state index contributed by atoms with van der Waals surface area (Å²) in [5.41, 5.74) is 10.6. The summed E-state index contributed by atoms with van der Waals surface area (Å²) in [4.78, 5) is 33.4. The van der Waals surface area contributed by atoms with Crippen molar-refractivity contribution in [2.75, 3.05) is 6.54 Å². The molecular formula is C11H21ClN4O3. The van der Waals surface area contributed by atoms with E-state index in [0.29, 0.717) is 19.4 Å². The molecule has 0 fully saturated rings. The summed E-state index contributed by atoms with van der Waals surface area (Å²) >= 11 is 5.41. The minimum absolute atomic E-state index is 0.0393. The highest BCUT2D eigenvalue weighted by molar-refractivity contribution is 6.64. The zero-order chi connectivity index (χ0) is 15.0. The van der Waals surface area contributed by atoms with E-state index in [4.69, 9.17) is 23.1 Å². The maximum atomic E-state index is 11.7. The Kier molecular flexibility index (Phi) is 8.09. The van der Waals surface area contributed by atoms with E-state index in [2.05, 4.69) is 10.6 Å². The van der Waals surface area contributed by atoms with Gasteiger partial charge in [0.15, 0.2) is 0 Å². The molecule has 0 aromatic carbocycles. The molecule has 2 atom stereocenters. The predicted octanol–water partition coefficient (Wildman–Crippen LogP) is -0.332. The summed E-state index contributed by atoms with van der Waals surface area (Å²) in [5, 5.41) is 4.21. The average Bonchev–Trinajstić information content (AvgIpc) is 2.30. The van der Waals surface area contributed by atoms with Crippen LogP contribution in [0.3, 0.4) is 0 Å². The molecule has 0 aromatic rings. The third-order valence-electron chi connectivity index (χ3n) is 2.58. The molecule has 0 aromatic heterocycles. The van der Waals surface area contributed by atoms with Crippen LogP contribution in [0.5, 0.6) is 0 Å². The maximum absolute atomic E-state index is 11.7. The summed E-state index contributed by atoms with van der Waals surface area (Å²) in [5.74, 6) is -0.459. The third-order valence-corrected chi connectivity index (χ3v) is 2.84. The molecule has 0 heterocycles. The van der Waals surface area contributed by atoms with Crippen molar-refractivity contribution in [2.24, 2.45) is 17.4 Å². The van der Waals surface area contributed by atoms with Gasteiger partial charge in [-0.25, -0.2) is 4.79 Å². The highest BCUT2D eigenvalue weighted by Gasteiger charge is 2.23. The van der Waals surface area contributed by atoms with Crippen molar-refractivity contribution in [1.29, 1.82) is 0 Å². The molecule has 0 saturated carbocycles. The SMILES string of the molecule is CC(C)[C@H](N)C(=O)N[C@@H](CCCNC(N)=O)C(=O)Cl. The Labute approximate surface area is 117 Å². The van der Waals surface area contributed by atoms with Crippen LogP contribution in [-0.4, -0.2) is 35.8 Å². The molecule has 0 spiro atoms. The Morgan fingerprint density at radius 2 is 1.84 bits per heavy atom. The third kappa shape index (κ3) is 7.63. The van der Waals surface area contributed by atoms with Crippen LogP contribution in [0.4, 0.5) is 4.79 Å². The summed E-state index contributed by atoms with van der Waals surface area (Å²) in [6.45, 7) is 3.92. The van der Waals surface area contributed by atoms with Crippen molar-refractivity contribution < 1.29 is 14.4 Å². The van der Waals surface area contributed by atoms with Crippen LogP contribution in [-0.2, 0) is 9.59 Å². The average molecular weight is 293 g/mol. The van der Waals surface area contributed by atoms with Gasteiger partial charge in [-0.05, 0) is 30.4 Å². The fourth-order valence-electron chi connectivity index (χ4n) is 1.33. The summed E-state index contributed by atoms with van der Waals surface area (Å²) in [6.07, 6.45) is 0.766. The number of hydrogen-bond acceptors (Lipinski definition) is 4. The van der Waals surface area contributed by atoms with Gasteiger partial charge in [-0.15, -0.1) is 0 Å². The normalized spacial score (nSPS) is 13.7. The monoisotopic (exact) mass is 292 g/mol. The van der Waals surface area contributed by atoms with Crippen LogP contribution < -0.4 is 22.1 Å². The minimum atomic E-state index is -0.811. The number of carbonyl (C=O) groups excluding carboxylic acids is 3. The predicted molar refractivity (Wildman–Crippen MR) is 72.4 cm³/mol. The van der Waals surface area contributed by atoms with Gasteiger partial charge >= 0.3 is 6.03 Å². The Balaban J connectivity index is 4.23. The van der Waals surface area contributed by atoms with Crippen molar-refractivity contribution in [3.63, 3.8) is 0 Å². The largest absolute Gasteiger partial charge is 0.352 e. The Hall–Kier alpha value is -1.34. The molecule has 0 unspecified atom stereocenters. The van der Waals surface area contributed by atoms with Gasteiger partial charge in [0.05, 0.1) is 6.04 Å².